The lowest BCUT2D eigenvalue weighted by Gasteiger charge is -2.29. The molecule has 0 fully saturated rings. The Morgan fingerprint density at radius 3 is 2.40 bits per heavy atom. The van der Waals surface area contributed by atoms with Gasteiger partial charge < -0.3 is 14.6 Å². The number of nitrogens with one attached hydrogen (secondary N) is 1. The first-order valence-electron chi connectivity index (χ1n) is 7.42. The molecule has 0 bridgehead atoms. The van der Waals surface area contributed by atoms with Crippen LogP contribution in [0.15, 0.2) is 0 Å². The van der Waals surface area contributed by atoms with Gasteiger partial charge in [-0.3, -0.25) is 14.0 Å². The molecule has 0 rings (SSSR count). The summed E-state index contributed by atoms with van der Waals surface area (Å²) in [6.45, 7) is 3.81. The van der Waals surface area contributed by atoms with Gasteiger partial charge in [0.2, 0.25) is 0 Å². The minimum atomic E-state index is -0.839. The first-order valence-corrected chi connectivity index (χ1v) is 18.9. The fraction of sp³-hybridized carbons (Fsp3) is 0.818. The number of hydrogen-bond acceptors (Lipinski definition) is 6. The van der Waals surface area contributed by atoms with Crippen LogP contribution >= 0.6 is 68.0 Å². The molecule has 0 saturated carbocycles. The predicted molar refractivity (Wildman–Crippen MR) is 130 cm³/mol. The molecule has 0 aliphatic heterocycles. The zero-order valence-corrected chi connectivity index (χ0v) is 23.3. The van der Waals surface area contributed by atoms with Crippen LogP contribution in [-0.2, 0) is 18.8 Å². The Labute approximate surface area is 166 Å². The van der Waals surface area contributed by atoms with Crippen LogP contribution in [0, 0.1) is 0 Å². The molecule has 0 spiro atoms. The van der Waals surface area contributed by atoms with Crippen molar-refractivity contribution in [3.8, 4) is 0 Å². The van der Waals surface area contributed by atoms with Gasteiger partial charge in [0.05, 0.1) is 13.7 Å². The molecule has 0 heterocycles. The second-order valence-electron chi connectivity index (χ2n) is 5.85. The summed E-state index contributed by atoms with van der Waals surface area (Å²) in [5.41, 5.74) is -0.209. The quantitative estimate of drug-likeness (QED) is 0.318. The summed E-state index contributed by atoms with van der Waals surface area (Å²) in [5.74, 6) is -0.459. The minimum Gasteiger partial charge on any atom is -0.468 e. The zero-order chi connectivity index (χ0) is 19.6. The van der Waals surface area contributed by atoms with E-state index in [0.717, 1.165) is 12.8 Å². The summed E-state index contributed by atoms with van der Waals surface area (Å²) in [6, 6.07) is -0.284. The van der Waals surface area contributed by atoms with E-state index in [1.807, 2.05) is 18.3 Å². The number of hydrogen-bond donors (Lipinski definition) is 1. The molecule has 0 radical (unpaired) electrons. The van der Waals surface area contributed by atoms with Gasteiger partial charge in [-0.15, -0.1) is 0 Å². The molecule has 0 aromatic rings. The Kier molecular flexibility index (Phi) is 15.6. The van der Waals surface area contributed by atoms with E-state index in [4.69, 9.17) is 4.52 Å². The van der Waals surface area contributed by atoms with Crippen LogP contribution < -0.4 is 5.32 Å². The van der Waals surface area contributed by atoms with Crippen molar-refractivity contribution in [1.82, 2.24) is 9.76 Å². The van der Waals surface area contributed by atoms with E-state index in [-0.39, 0.29) is 30.1 Å². The van der Waals surface area contributed by atoms with Crippen molar-refractivity contribution in [3.63, 3.8) is 0 Å². The van der Waals surface area contributed by atoms with Crippen molar-refractivity contribution in [1.29, 1.82) is 0 Å². The maximum atomic E-state index is 12.5. The van der Waals surface area contributed by atoms with Crippen molar-refractivity contribution < 1.29 is 18.8 Å². The first kappa shape index (κ1) is 27.3. The van der Waals surface area contributed by atoms with Gasteiger partial charge in [-0.25, -0.2) is 0 Å². The first-order chi connectivity index (χ1) is 11.5. The highest BCUT2D eigenvalue weighted by atomic mass is 32.8. The molecule has 25 heavy (non-hydrogen) atoms. The van der Waals surface area contributed by atoms with Crippen LogP contribution in [0.3, 0.4) is 0 Å². The van der Waals surface area contributed by atoms with E-state index >= 15 is 0 Å². The number of ether oxygens (including phenoxy) is 1. The molecule has 0 amide bonds. The molecule has 148 valence electrons. The number of methoxy groups -OCH3 is 1. The smallest absolute Gasteiger partial charge is 0.327 e. The van der Waals surface area contributed by atoms with Crippen molar-refractivity contribution in [2.75, 3.05) is 13.7 Å². The van der Waals surface area contributed by atoms with E-state index in [9.17, 15) is 9.59 Å². The molecule has 0 saturated heterocycles. The normalized spacial score (nSPS) is 15.0. The van der Waals surface area contributed by atoms with Crippen molar-refractivity contribution in [2.24, 2.45) is 0 Å². The maximum absolute atomic E-state index is 12.5. The number of carbonyl (C=O) groups excluding carboxylic acids is 2. The average Bonchev–Trinajstić information content (AvgIpc) is 2.55. The van der Waals surface area contributed by atoms with Gasteiger partial charge in [0.1, 0.15) is 13.6 Å². The third kappa shape index (κ3) is 12.5. The van der Waals surface area contributed by atoms with E-state index in [2.05, 4.69) is 55.2 Å². The lowest BCUT2D eigenvalue weighted by atomic mass is 9.95. The summed E-state index contributed by atoms with van der Waals surface area (Å²) < 4.78 is 12.2. The molecule has 0 aromatic heterocycles. The van der Waals surface area contributed by atoms with E-state index in [1.165, 1.54) is 7.11 Å². The molecule has 0 aliphatic rings. The lowest BCUT2D eigenvalue weighted by molar-refractivity contribution is -0.140. The van der Waals surface area contributed by atoms with Crippen LogP contribution in [0.25, 0.3) is 0 Å². The standard InChI is InChI=1S/C11H30N2O4P8/c1-11(2,12-7-9(14)16-3)6-4-5-8(13(18)23-19)10(15)17-24(20)25(21)22/h8,12,23H,4-7,18-22H2,1-3H3. The number of carbonyl (C=O) groups is 2. The summed E-state index contributed by atoms with van der Waals surface area (Å²) in [5, 5.41) is 3.19. The molecule has 6 nitrogen and oxygen atoms in total. The topological polar surface area (TPSA) is 67.9 Å². The average molecular weight is 502 g/mol. The maximum Gasteiger partial charge on any atom is 0.327 e. The third-order valence-corrected chi connectivity index (χ3v) is 20.6. The number of esters is 1. The monoisotopic (exact) mass is 502 g/mol. The highest BCUT2D eigenvalue weighted by Crippen LogP contribution is 2.83. The number of rotatable bonds is 12. The molecule has 0 aliphatic carbocycles. The summed E-state index contributed by atoms with van der Waals surface area (Å²) >= 11 is 0. The Balaban J connectivity index is 4.58. The molecule has 0 aromatic carbocycles. The van der Waals surface area contributed by atoms with Crippen molar-refractivity contribution in [3.05, 3.63) is 0 Å². The fourth-order valence-electron chi connectivity index (χ4n) is 1.87. The highest BCUT2D eigenvalue weighted by molar-refractivity contribution is 8.81. The van der Waals surface area contributed by atoms with Gasteiger partial charge in [0, 0.05) is 12.5 Å². The summed E-state index contributed by atoms with van der Waals surface area (Å²) in [4.78, 5) is 23.8. The van der Waals surface area contributed by atoms with Crippen molar-refractivity contribution in [2.45, 2.75) is 44.7 Å². The van der Waals surface area contributed by atoms with E-state index < -0.39 is 14.5 Å². The Morgan fingerprint density at radius 2 is 1.92 bits per heavy atom. The zero-order valence-electron chi connectivity index (χ0n) is 14.8. The van der Waals surface area contributed by atoms with Crippen LogP contribution in [0.5, 0.6) is 0 Å². The Hall–Kier alpha value is 2.30. The Morgan fingerprint density at radius 1 is 1.32 bits per heavy atom. The minimum absolute atomic E-state index is 0.177. The molecule has 8 unspecified atom stereocenters. The lowest BCUT2D eigenvalue weighted by Crippen LogP contribution is -2.42. The molecule has 1 N–H and O–H groups in total. The van der Waals surface area contributed by atoms with E-state index in [1.54, 1.807) is 0 Å². The molecular formula is C11H30N2O4P8. The summed E-state index contributed by atoms with van der Waals surface area (Å²) in [7, 11) is 14.2. The van der Waals surface area contributed by atoms with Gasteiger partial charge in [-0.05, 0) is 41.5 Å². The van der Waals surface area contributed by atoms with Crippen LogP contribution in [0.1, 0.15) is 33.1 Å². The van der Waals surface area contributed by atoms with Gasteiger partial charge in [-0.1, -0.05) is 45.1 Å². The second-order valence-corrected chi connectivity index (χ2v) is 23.0. The van der Waals surface area contributed by atoms with E-state index in [0.29, 0.717) is 14.8 Å². The molecule has 8 atom stereocenters. The SMILES string of the molecule is COC(=O)CNC(C)(C)CCCC(C(=O)OP(P)P(P)P)N(P)PP. The van der Waals surface area contributed by atoms with Gasteiger partial charge in [-0.2, -0.15) is 0 Å². The highest BCUT2D eigenvalue weighted by Gasteiger charge is 2.28. The Bertz CT molecular complexity index is 429. The fourth-order valence-corrected chi connectivity index (χ4v) is 5.18. The molecular weight excluding hydrogens is 472 g/mol. The third-order valence-electron chi connectivity index (χ3n) is 3.39. The van der Waals surface area contributed by atoms with Gasteiger partial charge in [0.25, 0.3) is 0 Å². The van der Waals surface area contributed by atoms with Crippen LogP contribution in [0.2, 0.25) is 0 Å². The largest absolute Gasteiger partial charge is 0.468 e. The van der Waals surface area contributed by atoms with Crippen LogP contribution in [0.4, 0.5) is 0 Å². The molecule has 14 heteroatoms. The second kappa shape index (κ2) is 14.3. The number of nitrogens with zero attached hydrogens (tertiary/aromatic N) is 1. The van der Waals surface area contributed by atoms with Gasteiger partial charge >= 0.3 is 11.9 Å². The summed E-state index contributed by atoms with van der Waals surface area (Å²) in [6.07, 6.45) is 2.38. The van der Waals surface area contributed by atoms with Crippen LogP contribution in [-0.4, -0.2) is 41.6 Å². The predicted octanol–water partition coefficient (Wildman–Crippen LogP) is 4.25. The van der Waals surface area contributed by atoms with Crippen molar-refractivity contribution >= 4 is 80.0 Å². The van der Waals surface area contributed by atoms with Gasteiger partial charge in [0.15, 0.2) is 0 Å².